The highest BCUT2D eigenvalue weighted by Crippen LogP contribution is 2.44. The van der Waals surface area contributed by atoms with Gasteiger partial charge < -0.3 is 39.4 Å². The van der Waals surface area contributed by atoms with Gasteiger partial charge >= 0.3 is 18.0 Å². The molecule has 1 saturated carbocycles. The van der Waals surface area contributed by atoms with Crippen LogP contribution >= 0.6 is 0 Å². The molecule has 2 aromatic rings. The fraction of sp³-hybridized carbons (Fsp3) is 0.559. The Morgan fingerprint density at radius 2 is 1.73 bits per heavy atom. The number of anilines is 1. The number of aromatic carboxylic acids is 1. The van der Waals surface area contributed by atoms with Gasteiger partial charge in [0.2, 0.25) is 11.3 Å². The highest BCUT2D eigenvalue weighted by molar-refractivity contribution is 5.97. The highest BCUT2D eigenvalue weighted by Gasteiger charge is 2.33. The van der Waals surface area contributed by atoms with E-state index in [1.165, 1.54) is 13.3 Å². The second kappa shape index (κ2) is 14.4. The number of carboxylic acid groups (broad SMARTS) is 1. The van der Waals surface area contributed by atoms with E-state index in [0.29, 0.717) is 19.4 Å². The maximum absolute atomic E-state index is 15.8. The number of alkyl carbamates (subject to hydrolysis) is 1. The number of ether oxygens (including phenoxy) is 3. The number of carbonyl (C=O) groups excluding carboxylic acids is 3. The predicted molar refractivity (Wildman–Crippen MR) is 176 cm³/mol. The number of halogens is 2. The van der Waals surface area contributed by atoms with Crippen LogP contribution in [0.25, 0.3) is 10.9 Å². The van der Waals surface area contributed by atoms with Crippen molar-refractivity contribution in [3.8, 4) is 5.75 Å². The van der Waals surface area contributed by atoms with Gasteiger partial charge in [-0.25, -0.2) is 18.4 Å². The average molecular weight is 691 g/mol. The minimum absolute atomic E-state index is 0.0000963. The Morgan fingerprint density at radius 3 is 2.31 bits per heavy atom. The number of carbonyl (C=O) groups is 4. The van der Waals surface area contributed by atoms with Crippen LogP contribution in [0.5, 0.6) is 5.75 Å². The summed E-state index contributed by atoms with van der Waals surface area (Å²) < 4.78 is 49.3. The van der Waals surface area contributed by atoms with Gasteiger partial charge in [-0.1, -0.05) is 0 Å². The third-order valence-electron chi connectivity index (χ3n) is 7.78. The van der Waals surface area contributed by atoms with E-state index in [0.717, 1.165) is 18.9 Å². The first kappa shape index (κ1) is 37.1. The molecule has 1 unspecified atom stereocenters. The number of hydrogen-bond acceptors (Lipinski definition) is 9. The molecule has 1 aliphatic carbocycles. The molecule has 1 aromatic carbocycles. The maximum Gasteiger partial charge on any atom is 0.408 e. The van der Waals surface area contributed by atoms with Crippen LogP contribution in [0.4, 0.5) is 19.3 Å². The highest BCUT2D eigenvalue weighted by atomic mass is 19.1. The minimum atomic E-state index is -1.42. The number of benzene rings is 1. The Labute approximate surface area is 282 Å². The molecule has 1 aliphatic heterocycles. The molecule has 0 bridgehead atoms. The molecular formula is C34H44F2N4O9. The van der Waals surface area contributed by atoms with E-state index in [-0.39, 0.29) is 40.5 Å². The van der Waals surface area contributed by atoms with Gasteiger partial charge in [0.25, 0.3) is 0 Å². The summed E-state index contributed by atoms with van der Waals surface area (Å²) in [4.78, 5) is 64.5. The first-order valence-corrected chi connectivity index (χ1v) is 16.1. The zero-order chi connectivity index (χ0) is 36.4. The van der Waals surface area contributed by atoms with Crippen molar-refractivity contribution in [2.75, 3.05) is 31.6 Å². The van der Waals surface area contributed by atoms with E-state index in [1.807, 2.05) is 0 Å². The number of nitrogens with one attached hydrogen (secondary N) is 2. The Bertz CT molecular complexity index is 1710. The number of carboxylic acids is 1. The van der Waals surface area contributed by atoms with Crippen LogP contribution in [-0.4, -0.2) is 77.6 Å². The summed E-state index contributed by atoms with van der Waals surface area (Å²) in [6, 6.07) is -0.514. The van der Waals surface area contributed by atoms with Crippen LogP contribution < -0.4 is 25.7 Å². The Morgan fingerprint density at radius 1 is 1.08 bits per heavy atom. The van der Waals surface area contributed by atoms with Crippen molar-refractivity contribution in [3.63, 3.8) is 0 Å². The topological polar surface area (TPSA) is 166 Å². The number of pyridine rings is 1. The molecule has 2 amide bonds. The fourth-order valence-electron chi connectivity index (χ4n) is 5.63. The second-order valence-corrected chi connectivity index (χ2v) is 14.2. The van der Waals surface area contributed by atoms with Crippen LogP contribution in [0.1, 0.15) is 90.0 Å². The van der Waals surface area contributed by atoms with Crippen LogP contribution in [-0.2, 0) is 19.1 Å². The number of methoxy groups -OCH3 is 1. The molecule has 4 rings (SSSR count). The van der Waals surface area contributed by atoms with E-state index in [1.54, 1.807) is 51.0 Å². The lowest BCUT2D eigenvalue weighted by Crippen LogP contribution is -2.50. The summed E-state index contributed by atoms with van der Waals surface area (Å²) in [5, 5.41) is 14.2. The quantitative estimate of drug-likeness (QED) is 0.297. The van der Waals surface area contributed by atoms with Crippen molar-refractivity contribution >= 4 is 40.5 Å². The number of piperidine rings is 1. The van der Waals surface area contributed by atoms with E-state index in [2.05, 4.69) is 10.6 Å². The molecule has 2 aliphatic rings. The van der Waals surface area contributed by atoms with Gasteiger partial charge in [-0.15, -0.1) is 0 Å². The average Bonchev–Trinajstić information content (AvgIpc) is 3.82. The largest absolute Gasteiger partial charge is 0.492 e. The van der Waals surface area contributed by atoms with Crippen molar-refractivity contribution in [2.45, 2.75) is 96.9 Å². The van der Waals surface area contributed by atoms with Gasteiger partial charge in [-0.2, -0.15) is 0 Å². The Hall–Kier alpha value is -4.69. The van der Waals surface area contributed by atoms with Crippen molar-refractivity contribution in [1.29, 1.82) is 0 Å². The Balaban J connectivity index is 1.58. The molecule has 2 fully saturated rings. The van der Waals surface area contributed by atoms with Crippen LogP contribution in [0.3, 0.4) is 0 Å². The molecule has 49 heavy (non-hydrogen) atoms. The normalized spacial score (nSPS) is 16.9. The second-order valence-electron chi connectivity index (χ2n) is 14.2. The lowest BCUT2D eigenvalue weighted by molar-refractivity contribution is -0.156. The molecule has 13 nitrogen and oxygen atoms in total. The predicted octanol–water partition coefficient (Wildman–Crippen LogP) is 4.75. The van der Waals surface area contributed by atoms with Gasteiger partial charge in [0.15, 0.2) is 11.6 Å². The van der Waals surface area contributed by atoms with E-state index < -0.39 is 76.8 Å². The molecular weight excluding hydrogens is 646 g/mol. The number of aromatic nitrogens is 1. The van der Waals surface area contributed by atoms with Crippen molar-refractivity contribution in [3.05, 3.63) is 45.3 Å². The summed E-state index contributed by atoms with van der Waals surface area (Å²) in [5.41, 5.74) is -2.51. The summed E-state index contributed by atoms with van der Waals surface area (Å²) in [6.07, 6.45) is 1.99. The maximum atomic E-state index is 15.8. The van der Waals surface area contributed by atoms with Crippen LogP contribution in [0.15, 0.2) is 28.5 Å². The smallest absolute Gasteiger partial charge is 0.408 e. The monoisotopic (exact) mass is 690 g/mol. The number of fused-ring (bicyclic) bond motifs is 1. The summed E-state index contributed by atoms with van der Waals surface area (Å²) in [5.74, 6) is -4.52. The number of esters is 1. The summed E-state index contributed by atoms with van der Waals surface area (Å²) in [7, 11) is 1.32. The third kappa shape index (κ3) is 9.27. The molecule has 1 aromatic heterocycles. The lowest BCUT2D eigenvalue weighted by Gasteiger charge is -2.33. The first-order valence-electron chi connectivity index (χ1n) is 16.1. The SMILES string of the molecule is COc1c(N2CCCC(=C(F)CNC(=O)C(CC(=O)OC(C)(C)C)NC(=O)OC(C)(C)C)C2)c(F)cc2c(=O)c(C(=O)O)cn(C3CC3)c12. The van der Waals surface area contributed by atoms with E-state index in [4.69, 9.17) is 14.2 Å². The lowest BCUT2D eigenvalue weighted by atomic mass is 10.0. The molecule has 0 radical (unpaired) electrons. The van der Waals surface area contributed by atoms with Gasteiger partial charge in [-0.05, 0) is 78.9 Å². The van der Waals surface area contributed by atoms with Crippen LogP contribution in [0, 0.1) is 5.82 Å². The fourth-order valence-corrected chi connectivity index (χ4v) is 5.63. The molecule has 3 N–H and O–H groups in total. The van der Waals surface area contributed by atoms with E-state index in [9.17, 15) is 29.1 Å². The number of amides is 2. The van der Waals surface area contributed by atoms with Crippen molar-refractivity contribution in [2.24, 2.45) is 0 Å². The molecule has 0 spiro atoms. The molecule has 1 atom stereocenters. The Kier molecular flexibility index (Phi) is 10.9. The van der Waals surface area contributed by atoms with Crippen molar-refractivity contribution in [1.82, 2.24) is 15.2 Å². The standard InChI is InChI=1S/C34H44F2N4O9/c1-33(2,3)48-25(41)14-24(38-32(46)49-34(4,5)6)30(43)37-15-23(36)18-9-8-12-39(16-18)27-22(35)13-20-26(29(27)47-7)40(19-10-11-19)17-21(28(20)42)31(44)45/h13,17,19,24H,8-12,14-16H2,1-7H3,(H,37,43)(H,38,46)(H,44,45). The molecule has 268 valence electrons. The van der Waals surface area contributed by atoms with Crippen LogP contribution in [0.2, 0.25) is 0 Å². The van der Waals surface area contributed by atoms with Gasteiger partial charge in [-0.3, -0.25) is 14.4 Å². The number of nitrogens with zero attached hydrogens (tertiary/aromatic N) is 2. The van der Waals surface area contributed by atoms with Gasteiger partial charge in [0.1, 0.15) is 34.3 Å². The first-order chi connectivity index (χ1) is 22.8. The zero-order valence-corrected chi connectivity index (χ0v) is 28.8. The zero-order valence-electron chi connectivity index (χ0n) is 28.8. The molecule has 2 heterocycles. The van der Waals surface area contributed by atoms with E-state index >= 15 is 8.78 Å². The summed E-state index contributed by atoms with van der Waals surface area (Å²) in [6.45, 7) is 9.52. The minimum Gasteiger partial charge on any atom is -0.492 e. The molecule has 1 saturated heterocycles. The summed E-state index contributed by atoms with van der Waals surface area (Å²) >= 11 is 0. The number of rotatable bonds is 10. The van der Waals surface area contributed by atoms with Crippen molar-refractivity contribution < 1.29 is 47.3 Å². The molecule has 15 heteroatoms. The van der Waals surface area contributed by atoms with Gasteiger partial charge in [0, 0.05) is 25.3 Å². The third-order valence-corrected chi connectivity index (χ3v) is 7.78. The van der Waals surface area contributed by atoms with Gasteiger partial charge in [0.05, 0.1) is 31.0 Å². The number of hydrogen-bond donors (Lipinski definition) is 3.